The Kier molecular flexibility index (Phi) is 2.54. The van der Waals surface area contributed by atoms with Gasteiger partial charge in [0.1, 0.15) is 5.75 Å². The molecule has 0 aliphatic carbocycles. The fourth-order valence-corrected chi connectivity index (χ4v) is 1.55. The molecular formula is C10H14N2O2. The van der Waals surface area contributed by atoms with Crippen molar-refractivity contribution >= 4 is 0 Å². The molecule has 1 aliphatic heterocycles. The van der Waals surface area contributed by atoms with E-state index in [1.807, 2.05) is 6.07 Å². The summed E-state index contributed by atoms with van der Waals surface area (Å²) < 4.78 is 10.3. The number of nitrogens with zero attached hydrogens (tertiary/aromatic N) is 1. The zero-order valence-electron chi connectivity index (χ0n) is 8.41. The lowest BCUT2D eigenvalue weighted by atomic mass is 9.94. The number of aromatic nitrogens is 1. The standard InChI is InChI=1S/C10H14N2O2/c1-13-9-6-12-10(14-2)3-8(9)7-4-11-5-7/h3,6-7,11H,4-5H2,1-2H3. The maximum Gasteiger partial charge on any atom is 0.213 e. The summed E-state index contributed by atoms with van der Waals surface area (Å²) in [5.41, 5.74) is 1.18. The summed E-state index contributed by atoms with van der Waals surface area (Å²) in [5.74, 6) is 2.02. The van der Waals surface area contributed by atoms with Gasteiger partial charge in [-0.05, 0) is 0 Å². The highest BCUT2D eigenvalue weighted by Crippen LogP contribution is 2.30. The number of pyridine rings is 1. The van der Waals surface area contributed by atoms with E-state index in [-0.39, 0.29) is 0 Å². The maximum absolute atomic E-state index is 5.26. The predicted molar refractivity (Wildman–Crippen MR) is 53.0 cm³/mol. The van der Waals surface area contributed by atoms with Gasteiger partial charge in [-0.25, -0.2) is 4.98 Å². The van der Waals surface area contributed by atoms with Crippen molar-refractivity contribution in [2.75, 3.05) is 27.3 Å². The van der Waals surface area contributed by atoms with Crippen LogP contribution in [0.1, 0.15) is 11.5 Å². The van der Waals surface area contributed by atoms with Gasteiger partial charge in [0.05, 0.1) is 20.4 Å². The molecule has 0 amide bonds. The highest BCUT2D eigenvalue weighted by molar-refractivity contribution is 5.39. The van der Waals surface area contributed by atoms with Crippen LogP contribution in [0.5, 0.6) is 11.6 Å². The van der Waals surface area contributed by atoms with Crippen LogP contribution in [0.3, 0.4) is 0 Å². The minimum atomic E-state index is 0.529. The van der Waals surface area contributed by atoms with Crippen LogP contribution < -0.4 is 14.8 Å². The van der Waals surface area contributed by atoms with Gasteiger partial charge in [0.25, 0.3) is 0 Å². The van der Waals surface area contributed by atoms with Gasteiger partial charge in [-0.15, -0.1) is 0 Å². The molecule has 0 unspecified atom stereocenters. The van der Waals surface area contributed by atoms with Crippen LogP contribution in [0.4, 0.5) is 0 Å². The van der Waals surface area contributed by atoms with Gasteiger partial charge in [0.15, 0.2) is 0 Å². The number of hydrogen-bond donors (Lipinski definition) is 1. The van der Waals surface area contributed by atoms with Crippen LogP contribution >= 0.6 is 0 Å². The summed E-state index contributed by atoms with van der Waals surface area (Å²) >= 11 is 0. The highest BCUT2D eigenvalue weighted by Gasteiger charge is 2.23. The molecular weight excluding hydrogens is 180 g/mol. The molecule has 1 N–H and O–H groups in total. The molecule has 0 bridgehead atoms. The first-order chi connectivity index (χ1) is 6.85. The molecule has 0 atom stereocenters. The quantitative estimate of drug-likeness (QED) is 0.772. The first-order valence-electron chi connectivity index (χ1n) is 4.63. The molecule has 76 valence electrons. The molecule has 0 spiro atoms. The maximum atomic E-state index is 5.26. The third-order valence-electron chi connectivity index (χ3n) is 2.52. The summed E-state index contributed by atoms with van der Waals surface area (Å²) in [6.45, 7) is 2.01. The molecule has 1 aromatic heterocycles. The molecule has 2 heterocycles. The van der Waals surface area contributed by atoms with Crippen LogP contribution in [0, 0.1) is 0 Å². The molecule has 1 aliphatic rings. The van der Waals surface area contributed by atoms with E-state index < -0.39 is 0 Å². The first-order valence-corrected chi connectivity index (χ1v) is 4.63. The van der Waals surface area contributed by atoms with E-state index in [4.69, 9.17) is 9.47 Å². The molecule has 0 aromatic carbocycles. The highest BCUT2D eigenvalue weighted by atomic mass is 16.5. The Labute approximate surface area is 83.2 Å². The van der Waals surface area contributed by atoms with E-state index >= 15 is 0 Å². The molecule has 4 heteroatoms. The number of rotatable bonds is 3. The topological polar surface area (TPSA) is 43.4 Å². The first kappa shape index (κ1) is 9.27. The number of ether oxygens (including phenoxy) is 2. The van der Waals surface area contributed by atoms with E-state index in [0.717, 1.165) is 18.8 Å². The van der Waals surface area contributed by atoms with Crippen LogP contribution in [0.25, 0.3) is 0 Å². The Morgan fingerprint density at radius 2 is 2.14 bits per heavy atom. The number of methoxy groups -OCH3 is 2. The van der Waals surface area contributed by atoms with Gasteiger partial charge in [-0.3, -0.25) is 0 Å². The minimum absolute atomic E-state index is 0.529. The number of nitrogens with one attached hydrogen (secondary N) is 1. The van der Waals surface area contributed by atoms with Crippen LogP contribution in [0.2, 0.25) is 0 Å². The Morgan fingerprint density at radius 1 is 1.36 bits per heavy atom. The van der Waals surface area contributed by atoms with Crippen LogP contribution in [-0.4, -0.2) is 32.3 Å². The van der Waals surface area contributed by atoms with Gasteiger partial charge in [-0.1, -0.05) is 0 Å². The van der Waals surface area contributed by atoms with Crippen molar-refractivity contribution in [1.29, 1.82) is 0 Å². The van der Waals surface area contributed by atoms with E-state index in [2.05, 4.69) is 10.3 Å². The number of hydrogen-bond acceptors (Lipinski definition) is 4. The molecule has 1 fully saturated rings. The summed E-state index contributed by atoms with van der Waals surface area (Å²) in [6, 6.07) is 1.95. The van der Waals surface area contributed by atoms with Crippen LogP contribution in [0.15, 0.2) is 12.3 Å². The van der Waals surface area contributed by atoms with Gasteiger partial charge in [0.2, 0.25) is 5.88 Å². The lowest BCUT2D eigenvalue weighted by Gasteiger charge is -2.28. The monoisotopic (exact) mass is 194 g/mol. The second-order valence-corrected chi connectivity index (χ2v) is 3.32. The van der Waals surface area contributed by atoms with Gasteiger partial charge < -0.3 is 14.8 Å². The fraction of sp³-hybridized carbons (Fsp3) is 0.500. The SMILES string of the molecule is COc1cc(C2CNC2)c(OC)cn1. The van der Waals surface area contributed by atoms with Crippen molar-refractivity contribution in [3.05, 3.63) is 17.8 Å². The summed E-state index contributed by atoms with van der Waals surface area (Å²) in [6.07, 6.45) is 1.71. The van der Waals surface area contributed by atoms with Crippen LogP contribution in [-0.2, 0) is 0 Å². The normalized spacial score (nSPS) is 16.1. The second-order valence-electron chi connectivity index (χ2n) is 3.32. The van der Waals surface area contributed by atoms with Gasteiger partial charge >= 0.3 is 0 Å². The average molecular weight is 194 g/mol. The largest absolute Gasteiger partial charge is 0.495 e. The lowest BCUT2D eigenvalue weighted by molar-refractivity contribution is 0.368. The minimum Gasteiger partial charge on any atom is -0.495 e. The smallest absolute Gasteiger partial charge is 0.213 e. The fourth-order valence-electron chi connectivity index (χ4n) is 1.55. The summed E-state index contributed by atoms with van der Waals surface area (Å²) in [7, 11) is 3.29. The van der Waals surface area contributed by atoms with Gasteiger partial charge in [-0.2, -0.15) is 0 Å². The Bertz CT molecular complexity index is 324. The predicted octanol–water partition coefficient (Wildman–Crippen LogP) is 0.786. The van der Waals surface area contributed by atoms with E-state index in [9.17, 15) is 0 Å². The average Bonchev–Trinajstić information content (AvgIpc) is 2.15. The third-order valence-corrected chi connectivity index (χ3v) is 2.52. The zero-order valence-corrected chi connectivity index (χ0v) is 8.41. The second kappa shape index (κ2) is 3.84. The Balaban J connectivity index is 2.31. The lowest BCUT2D eigenvalue weighted by Crippen LogP contribution is -2.40. The third kappa shape index (κ3) is 1.53. The molecule has 4 nitrogen and oxygen atoms in total. The molecule has 0 radical (unpaired) electrons. The van der Waals surface area contributed by atoms with Crippen molar-refractivity contribution in [3.63, 3.8) is 0 Å². The van der Waals surface area contributed by atoms with Crippen molar-refractivity contribution in [2.45, 2.75) is 5.92 Å². The van der Waals surface area contributed by atoms with Crippen molar-refractivity contribution in [1.82, 2.24) is 10.3 Å². The van der Waals surface area contributed by atoms with Crippen molar-refractivity contribution in [3.8, 4) is 11.6 Å². The molecule has 1 saturated heterocycles. The molecule has 14 heavy (non-hydrogen) atoms. The summed E-state index contributed by atoms with van der Waals surface area (Å²) in [4.78, 5) is 4.10. The summed E-state index contributed by atoms with van der Waals surface area (Å²) in [5, 5.41) is 3.23. The van der Waals surface area contributed by atoms with Crippen molar-refractivity contribution < 1.29 is 9.47 Å². The molecule has 2 rings (SSSR count). The van der Waals surface area contributed by atoms with Crippen molar-refractivity contribution in [2.24, 2.45) is 0 Å². The Hall–Kier alpha value is -1.29. The van der Waals surface area contributed by atoms with E-state index in [0.29, 0.717) is 11.8 Å². The van der Waals surface area contributed by atoms with E-state index in [1.54, 1.807) is 20.4 Å². The molecule has 0 saturated carbocycles. The van der Waals surface area contributed by atoms with E-state index in [1.165, 1.54) is 5.56 Å². The zero-order chi connectivity index (χ0) is 9.97. The Morgan fingerprint density at radius 3 is 2.64 bits per heavy atom. The van der Waals surface area contributed by atoms with Gasteiger partial charge in [0, 0.05) is 30.6 Å². The molecule has 1 aromatic rings.